The normalized spacial score (nSPS) is 10.0. The minimum absolute atomic E-state index is 0.366. The Bertz CT molecular complexity index is 646. The second-order valence-corrected chi connectivity index (χ2v) is 5.03. The summed E-state index contributed by atoms with van der Waals surface area (Å²) < 4.78 is 1.04. The summed E-state index contributed by atoms with van der Waals surface area (Å²) in [6.45, 7) is 3.93. The minimum atomic E-state index is 0.366. The van der Waals surface area contributed by atoms with Crippen LogP contribution >= 0.6 is 15.9 Å². The van der Waals surface area contributed by atoms with Crippen LogP contribution in [-0.2, 0) is 6.42 Å². The van der Waals surface area contributed by atoms with E-state index in [1.807, 2.05) is 25.1 Å². The zero-order chi connectivity index (χ0) is 13.8. The lowest BCUT2D eigenvalue weighted by Crippen LogP contribution is -2.02. The molecule has 0 saturated carbocycles. The molecule has 0 aliphatic carbocycles. The van der Waals surface area contributed by atoms with Gasteiger partial charge in [0.25, 0.3) is 0 Å². The Labute approximate surface area is 120 Å². The number of hydrogen-bond acceptors (Lipinski definition) is 4. The number of rotatable bonds is 3. The standard InChI is InChI=1S/C14H13BrN4/c1-3-10-7-11(15)4-5-13(10)19-14-17-9(2)6-12(8-16)18-14/h4-7H,3H2,1-2H3,(H,17,18,19). The van der Waals surface area contributed by atoms with Gasteiger partial charge in [-0.15, -0.1) is 0 Å². The molecule has 0 amide bonds. The van der Waals surface area contributed by atoms with Gasteiger partial charge >= 0.3 is 0 Å². The van der Waals surface area contributed by atoms with Crippen LogP contribution in [0.5, 0.6) is 0 Å². The number of aromatic nitrogens is 2. The molecule has 0 saturated heterocycles. The lowest BCUT2D eigenvalue weighted by Gasteiger charge is -2.10. The molecule has 0 fully saturated rings. The van der Waals surface area contributed by atoms with Crippen molar-refractivity contribution in [2.24, 2.45) is 0 Å². The third-order valence-corrected chi connectivity index (χ3v) is 3.16. The van der Waals surface area contributed by atoms with Crippen LogP contribution in [-0.4, -0.2) is 9.97 Å². The number of anilines is 2. The van der Waals surface area contributed by atoms with Crippen molar-refractivity contribution in [3.05, 3.63) is 45.7 Å². The molecule has 2 aromatic rings. The molecule has 2 rings (SSSR count). The molecule has 0 atom stereocenters. The van der Waals surface area contributed by atoms with Gasteiger partial charge in [-0.25, -0.2) is 9.97 Å². The maximum absolute atomic E-state index is 8.92. The predicted octanol–water partition coefficient (Wildman–Crippen LogP) is 3.73. The Hall–Kier alpha value is -1.93. The molecule has 0 radical (unpaired) electrons. The Kier molecular flexibility index (Phi) is 4.13. The topological polar surface area (TPSA) is 61.6 Å². The first kappa shape index (κ1) is 13.5. The number of nitriles is 1. The quantitative estimate of drug-likeness (QED) is 0.937. The summed E-state index contributed by atoms with van der Waals surface area (Å²) in [6.07, 6.45) is 0.901. The number of hydrogen-bond donors (Lipinski definition) is 1. The number of aryl methyl sites for hydroxylation is 2. The molecule has 0 spiro atoms. The van der Waals surface area contributed by atoms with Gasteiger partial charge in [-0.2, -0.15) is 5.26 Å². The van der Waals surface area contributed by atoms with Gasteiger partial charge in [-0.1, -0.05) is 22.9 Å². The number of nitrogens with zero attached hydrogens (tertiary/aromatic N) is 3. The van der Waals surface area contributed by atoms with Gasteiger partial charge in [0.05, 0.1) is 0 Å². The van der Waals surface area contributed by atoms with Gasteiger partial charge in [-0.05, 0) is 43.2 Å². The average molecular weight is 317 g/mol. The van der Waals surface area contributed by atoms with E-state index in [4.69, 9.17) is 5.26 Å². The molecule has 0 bridgehead atoms. The van der Waals surface area contributed by atoms with E-state index in [9.17, 15) is 0 Å². The Morgan fingerprint density at radius 2 is 2.11 bits per heavy atom. The van der Waals surface area contributed by atoms with Crippen LogP contribution < -0.4 is 5.32 Å². The lowest BCUT2D eigenvalue weighted by molar-refractivity contribution is 1.07. The van der Waals surface area contributed by atoms with Crippen LogP contribution in [0, 0.1) is 18.3 Å². The summed E-state index contributed by atoms with van der Waals surface area (Å²) >= 11 is 3.45. The van der Waals surface area contributed by atoms with Crippen molar-refractivity contribution in [1.29, 1.82) is 5.26 Å². The van der Waals surface area contributed by atoms with Gasteiger partial charge < -0.3 is 5.32 Å². The van der Waals surface area contributed by atoms with E-state index in [0.29, 0.717) is 11.6 Å². The fraction of sp³-hybridized carbons (Fsp3) is 0.214. The van der Waals surface area contributed by atoms with Crippen molar-refractivity contribution >= 4 is 27.6 Å². The van der Waals surface area contributed by atoms with E-state index in [-0.39, 0.29) is 0 Å². The van der Waals surface area contributed by atoms with Crippen molar-refractivity contribution in [3.8, 4) is 6.07 Å². The van der Waals surface area contributed by atoms with E-state index in [1.54, 1.807) is 6.07 Å². The largest absolute Gasteiger partial charge is 0.324 e. The Morgan fingerprint density at radius 3 is 2.79 bits per heavy atom. The highest BCUT2D eigenvalue weighted by atomic mass is 79.9. The molecule has 4 nitrogen and oxygen atoms in total. The van der Waals surface area contributed by atoms with E-state index in [2.05, 4.69) is 44.2 Å². The van der Waals surface area contributed by atoms with E-state index in [0.717, 1.165) is 27.8 Å². The van der Waals surface area contributed by atoms with E-state index >= 15 is 0 Å². The molecule has 5 heteroatoms. The van der Waals surface area contributed by atoms with Crippen LogP contribution in [0.15, 0.2) is 28.7 Å². The maximum Gasteiger partial charge on any atom is 0.228 e. The van der Waals surface area contributed by atoms with Crippen molar-refractivity contribution in [2.75, 3.05) is 5.32 Å². The third kappa shape index (κ3) is 3.30. The molecule has 19 heavy (non-hydrogen) atoms. The zero-order valence-corrected chi connectivity index (χ0v) is 12.3. The molecule has 1 N–H and O–H groups in total. The molecule has 0 aliphatic heterocycles. The molecule has 0 aliphatic rings. The van der Waals surface area contributed by atoms with Crippen molar-refractivity contribution in [3.63, 3.8) is 0 Å². The summed E-state index contributed by atoms with van der Waals surface area (Å²) in [5.41, 5.74) is 3.26. The lowest BCUT2D eigenvalue weighted by atomic mass is 10.1. The second kappa shape index (κ2) is 5.81. The highest BCUT2D eigenvalue weighted by Gasteiger charge is 2.06. The molecule has 1 heterocycles. The fourth-order valence-electron chi connectivity index (χ4n) is 1.78. The van der Waals surface area contributed by atoms with E-state index < -0.39 is 0 Å². The fourth-order valence-corrected chi connectivity index (χ4v) is 2.19. The highest BCUT2D eigenvalue weighted by Crippen LogP contribution is 2.23. The molecule has 96 valence electrons. The first-order chi connectivity index (χ1) is 9.12. The van der Waals surface area contributed by atoms with Crippen LogP contribution in [0.3, 0.4) is 0 Å². The van der Waals surface area contributed by atoms with Gasteiger partial charge in [0.15, 0.2) is 0 Å². The van der Waals surface area contributed by atoms with Gasteiger partial charge in [0, 0.05) is 15.9 Å². The molecule has 1 aromatic carbocycles. The number of halogens is 1. The monoisotopic (exact) mass is 316 g/mol. The average Bonchev–Trinajstić information content (AvgIpc) is 2.40. The SMILES string of the molecule is CCc1cc(Br)ccc1Nc1nc(C)cc(C#N)n1. The molecular formula is C14H13BrN4. The number of nitrogens with one attached hydrogen (secondary N) is 1. The summed E-state index contributed by atoms with van der Waals surface area (Å²) in [7, 11) is 0. The summed E-state index contributed by atoms with van der Waals surface area (Å²) in [6, 6.07) is 9.69. The van der Waals surface area contributed by atoms with Crippen molar-refractivity contribution in [1.82, 2.24) is 9.97 Å². The van der Waals surface area contributed by atoms with Crippen LogP contribution in [0.25, 0.3) is 0 Å². The zero-order valence-electron chi connectivity index (χ0n) is 10.7. The van der Waals surface area contributed by atoms with Crippen molar-refractivity contribution < 1.29 is 0 Å². The van der Waals surface area contributed by atoms with Gasteiger partial charge in [0.1, 0.15) is 11.8 Å². The van der Waals surface area contributed by atoms with Crippen LogP contribution in [0.4, 0.5) is 11.6 Å². The first-order valence-electron chi connectivity index (χ1n) is 5.93. The Morgan fingerprint density at radius 1 is 1.32 bits per heavy atom. The summed E-state index contributed by atoms with van der Waals surface area (Å²) in [5.74, 6) is 0.452. The van der Waals surface area contributed by atoms with E-state index in [1.165, 1.54) is 0 Å². The summed E-state index contributed by atoms with van der Waals surface area (Å²) in [5, 5.41) is 12.1. The maximum atomic E-state index is 8.92. The smallest absolute Gasteiger partial charge is 0.228 e. The molecule has 0 unspecified atom stereocenters. The van der Waals surface area contributed by atoms with Crippen molar-refractivity contribution in [2.45, 2.75) is 20.3 Å². The highest BCUT2D eigenvalue weighted by molar-refractivity contribution is 9.10. The minimum Gasteiger partial charge on any atom is -0.324 e. The van der Waals surface area contributed by atoms with Gasteiger partial charge in [-0.3, -0.25) is 0 Å². The van der Waals surface area contributed by atoms with Crippen LogP contribution in [0.2, 0.25) is 0 Å². The summed E-state index contributed by atoms with van der Waals surface area (Å²) in [4.78, 5) is 8.44. The molecule has 1 aromatic heterocycles. The number of benzene rings is 1. The second-order valence-electron chi connectivity index (χ2n) is 4.11. The van der Waals surface area contributed by atoms with Gasteiger partial charge in [0.2, 0.25) is 5.95 Å². The first-order valence-corrected chi connectivity index (χ1v) is 6.73. The van der Waals surface area contributed by atoms with Crippen LogP contribution in [0.1, 0.15) is 23.9 Å². The Balaban J connectivity index is 2.36. The molecular weight excluding hydrogens is 304 g/mol. The third-order valence-electron chi connectivity index (χ3n) is 2.66. The predicted molar refractivity (Wildman–Crippen MR) is 78.3 cm³/mol.